The second kappa shape index (κ2) is 12.0. The topological polar surface area (TPSA) is 108 Å². The number of nitrogens with zero attached hydrogens (tertiary/aromatic N) is 3. The van der Waals surface area contributed by atoms with Crippen LogP contribution in [0.2, 0.25) is 0 Å². The van der Waals surface area contributed by atoms with Crippen molar-refractivity contribution >= 4 is 39.0 Å². The lowest BCUT2D eigenvalue weighted by Gasteiger charge is -2.19. The third-order valence-electron chi connectivity index (χ3n) is 5.77. The van der Waals surface area contributed by atoms with Crippen LogP contribution in [0.5, 0.6) is 0 Å². The highest BCUT2D eigenvalue weighted by atomic mass is 32.2. The third kappa shape index (κ3) is 5.83. The van der Waals surface area contributed by atoms with E-state index in [2.05, 4.69) is 10.4 Å². The first-order valence-electron chi connectivity index (χ1n) is 12.0. The summed E-state index contributed by atoms with van der Waals surface area (Å²) in [6.07, 6.45) is 2.18. The molecule has 2 aromatic carbocycles. The minimum Gasteiger partial charge on any atom is -0.466 e. The van der Waals surface area contributed by atoms with Gasteiger partial charge in [0.2, 0.25) is 10.0 Å². The van der Waals surface area contributed by atoms with Crippen molar-refractivity contribution < 1.29 is 22.7 Å². The molecule has 192 valence electrons. The molecule has 0 saturated carbocycles. The SMILES string of the molecule is CCOC(=O)CC1=NN(c2ccc(S(=O)(=O)N(CC)CC)cc2)C(=O)/C1=C/Nc1ccccc1CC. The van der Waals surface area contributed by atoms with Crippen LogP contribution in [0.25, 0.3) is 0 Å². The Bertz CT molecular complexity index is 1270. The first-order valence-corrected chi connectivity index (χ1v) is 13.4. The van der Waals surface area contributed by atoms with Gasteiger partial charge in [0.25, 0.3) is 5.91 Å². The van der Waals surface area contributed by atoms with Gasteiger partial charge in [-0.1, -0.05) is 39.0 Å². The number of benzene rings is 2. The van der Waals surface area contributed by atoms with Gasteiger partial charge in [-0.3, -0.25) is 9.59 Å². The van der Waals surface area contributed by atoms with E-state index in [0.717, 1.165) is 17.7 Å². The lowest BCUT2D eigenvalue weighted by Crippen LogP contribution is -2.30. The minimum absolute atomic E-state index is 0.130. The summed E-state index contributed by atoms with van der Waals surface area (Å²) in [6, 6.07) is 13.7. The van der Waals surface area contributed by atoms with Crippen LogP contribution >= 0.6 is 0 Å². The van der Waals surface area contributed by atoms with Crippen molar-refractivity contribution in [3.05, 3.63) is 65.9 Å². The standard InChI is InChI=1S/C26H32N4O5S/c1-5-19-11-9-10-12-23(19)27-18-22-24(17-25(31)35-8-4)28-30(26(22)32)20-13-15-21(16-14-20)36(33,34)29(6-2)7-3/h9-16,18,27H,5-8,17H2,1-4H3/b22-18+. The normalized spacial score (nSPS) is 14.9. The maximum absolute atomic E-state index is 13.3. The van der Waals surface area contributed by atoms with Crippen molar-refractivity contribution in [1.29, 1.82) is 0 Å². The second-order valence-corrected chi connectivity index (χ2v) is 9.88. The number of nitrogens with one attached hydrogen (secondary N) is 1. The Labute approximate surface area is 212 Å². The first-order chi connectivity index (χ1) is 17.3. The molecule has 0 unspecified atom stereocenters. The third-order valence-corrected chi connectivity index (χ3v) is 7.83. The van der Waals surface area contributed by atoms with Crippen LogP contribution in [0.1, 0.15) is 39.7 Å². The Morgan fingerprint density at radius 1 is 1.06 bits per heavy atom. The van der Waals surface area contributed by atoms with Gasteiger partial charge in [0.05, 0.1) is 34.9 Å². The molecule has 0 spiro atoms. The van der Waals surface area contributed by atoms with Crippen molar-refractivity contribution in [2.75, 3.05) is 30.0 Å². The number of amides is 1. The Morgan fingerprint density at radius 2 is 1.72 bits per heavy atom. The first kappa shape index (κ1) is 27.1. The van der Waals surface area contributed by atoms with Crippen molar-refractivity contribution in [3.63, 3.8) is 0 Å². The number of anilines is 2. The van der Waals surface area contributed by atoms with E-state index in [1.54, 1.807) is 27.0 Å². The molecule has 1 heterocycles. The minimum atomic E-state index is -3.63. The van der Waals surface area contributed by atoms with Gasteiger partial charge in [-0.05, 0) is 49.2 Å². The van der Waals surface area contributed by atoms with Crippen molar-refractivity contribution in [2.24, 2.45) is 5.10 Å². The number of aryl methyl sites for hydroxylation is 1. The number of hydrogen-bond acceptors (Lipinski definition) is 7. The summed E-state index contributed by atoms with van der Waals surface area (Å²) in [5.74, 6) is -0.929. The number of sulfonamides is 1. The second-order valence-electron chi connectivity index (χ2n) is 7.94. The molecule has 1 aliphatic rings. The number of rotatable bonds is 11. The summed E-state index contributed by atoms with van der Waals surface area (Å²) < 4.78 is 32.0. The number of ether oxygens (including phenoxy) is 1. The summed E-state index contributed by atoms with van der Waals surface area (Å²) in [4.78, 5) is 25.7. The molecule has 3 rings (SSSR count). The largest absolute Gasteiger partial charge is 0.466 e. The fourth-order valence-electron chi connectivity index (χ4n) is 3.85. The molecule has 0 aromatic heterocycles. The van der Waals surface area contributed by atoms with E-state index >= 15 is 0 Å². The Morgan fingerprint density at radius 3 is 2.33 bits per heavy atom. The quantitative estimate of drug-likeness (QED) is 0.361. The number of esters is 1. The number of carbonyl (C=O) groups excluding carboxylic acids is 2. The fourth-order valence-corrected chi connectivity index (χ4v) is 5.31. The summed E-state index contributed by atoms with van der Waals surface area (Å²) in [5.41, 5.74) is 2.80. The zero-order valence-electron chi connectivity index (χ0n) is 21.0. The number of hydrazone groups is 1. The van der Waals surface area contributed by atoms with Crippen molar-refractivity contribution in [3.8, 4) is 0 Å². The molecule has 0 bridgehead atoms. The van der Waals surface area contributed by atoms with Crippen LogP contribution in [0, 0.1) is 0 Å². The van der Waals surface area contributed by atoms with Crippen LogP contribution < -0.4 is 10.3 Å². The van der Waals surface area contributed by atoms with Gasteiger partial charge < -0.3 is 10.1 Å². The van der Waals surface area contributed by atoms with E-state index in [9.17, 15) is 18.0 Å². The highest BCUT2D eigenvalue weighted by Crippen LogP contribution is 2.27. The molecule has 0 saturated heterocycles. The molecule has 1 amide bonds. The van der Waals surface area contributed by atoms with Gasteiger partial charge in [-0.2, -0.15) is 14.4 Å². The predicted octanol–water partition coefficient (Wildman–Crippen LogP) is 3.93. The molecule has 10 heteroatoms. The van der Waals surface area contributed by atoms with Crippen LogP contribution in [0.4, 0.5) is 11.4 Å². The van der Waals surface area contributed by atoms with E-state index in [0.29, 0.717) is 18.8 Å². The van der Waals surface area contributed by atoms with E-state index < -0.39 is 21.9 Å². The van der Waals surface area contributed by atoms with Gasteiger partial charge >= 0.3 is 5.97 Å². The zero-order valence-corrected chi connectivity index (χ0v) is 21.8. The maximum Gasteiger partial charge on any atom is 0.311 e. The van der Waals surface area contributed by atoms with Crippen LogP contribution in [-0.4, -0.2) is 50.0 Å². The maximum atomic E-state index is 13.3. The average Bonchev–Trinajstić information content (AvgIpc) is 3.18. The summed E-state index contributed by atoms with van der Waals surface area (Å²) in [6.45, 7) is 8.22. The predicted molar refractivity (Wildman–Crippen MR) is 140 cm³/mol. The van der Waals surface area contributed by atoms with Crippen molar-refractivity contribution in [1.82, 2.24) is 4.31 Å². The van der Waals surface area contributed by atoms with E-state index in [-0.39, 0.29) is 29.2 Å². The summed E-state index contributed by atoms with van der Waals surface area (Å²) >= 11 is 0. The lowest BCUT2D eigenvalue weighted by atomic mass is 10.1. The average molecular weight is 513 g/mol. The molecule has 1 aliphatic heterocycles. The van der Waals surface area contributed by atoms with Crippen LogP contribution in [-0.2, 0) is 30.8 Å². The summed E-state index contributed by atoms with van der Waals surface area (Å²) in [7, 11) is -3.63. The highest BCUT2D eigenvalue weighted by Gasteiger charge is 2.33. The van der Waals surface area contributed by atoms with E-state index in [4.69, 9.17) is 4.74 Å². The van der Waals surface area contributed by atoms with Gasteiger partial charge in [-0.15, -0.1) is 0 Å². The van der Waals surface area contributed by atoms with Gasteiger partial charge in [0, 0.05) is 25.0 Å². The molecule has 2 aromatic rings. The molecule has 0 radical (unpaired) electrons. The van der Waals surface area contributed by atoms with Gasteiger partial charge in [0.1, 0.15) is 0 Å². The number of hydrogen-bond donors (Lipinski definition) is 1. The Balaban J connectivity index is 1.93. The number of para-hydroxylation sites is 1. The molecule has 36 heavy (non-hydrogen) atoms. The molecule has 1 N–H and O–H groups in total. The molecule has 9 nitrogen and oxygen atoms in total. The molecule has 0 atom stereocenters. The molecular weight excluding hydrogens is 480 g/mol. The van der Waals surface area contributed by atoms with Crippen molar-refractivity contribution in [2.45, 2.75) is 45.4 Å². The zero-order chi connectivity index (χ0) is 26.3. The monoisotopic (exact) mass is 512 g/mol. The number of carbonyl (C=O) groups is 2. The summed E-state index contributed by atoms with van der Waals surface area (Å²) in [5, 5.41) is 8.73. The molecular formula is C26H32N4O5S. The van der Waals surface area contributed by atoms with Gasteiger partial charge in [0.15, 0.2) is 0 Å². The van der Waals surface area contributed by atoms with Crippen LogP contribution in [0.3, 0.4) is 0 Å². The smallest absolute Gasteiger partial charge is 0.311 e. The lowest BCUT2D eigenvalue weighted by molar-refractivity contribution is -0.141. The van der Waals surface area contributed by atoms with E-state index in [1.807, 2.05) is 31.2 Å². The van der Waals surface area contributed by atoms with Crippen LogP contribution in [0.15, 0.2) is 70.3 Å². The Kier molecular flexibility index (Phi) is 9.00. The Hall–Kier alpha value is -3.50. The molecule has 0 aliphatic carbocycles. The molecule has 0 fully saturated rings. The fraction of sp³-hybridized carbons (Fsp3) is 0.346. The van der Waals surface area contributed by atoms with Gasteiger partial charge in [-0.25, -0.2) is 8.42 Å². The highest BCUT2D eigenvalue weighted by molar-refractivity contribution is 7.89. The van der Waals surface area contributed by atoms with E-state index in [1.165, 1.54) is 33.6 Å².